The van der Waals surface area contributed by atoms with Crippen LogP contribution in [0.1, 0.15) is 37.2 Å². The van der Waals surface area contributed by atoms with E-state index >= 15 is 0 Å². The topological polar surface area (TPSA) is 48.0 Å². The van der Waals surface area contributed by atoms with Gasteiger partial charge in [0.15, 0.2) is 0 Å². The van der Waals surface area contributed by atoms with E-state index in [-0.39, 0.29) is 11.9 Å². The van der Waals surface area contributed by atoms with Crippen LogP contribution in [0.15, 0.2) is 36.1 Å². The zero-order valence-electron chi connectivity index (χ0n) is 15.9. The van der Waals surface area contributed by atoms with E-state index in [2.05, 4.69) is 17.0 Å². The van der Waals surface area contributed by atoms with Gasteiger partial charge in [-0.05, 0) is 62.2 Å². The van der Waals surface area contributed by atoms with Crippen LogP contribution < -0.4 is 4.74 Å². The summed E-state index contributed by atoms with van der Waals surface area (Å²) in [4.78, 5) is 14.7. The SMILES string of the molecule is COC=C(C(=O)OC)C1CCN2CCC(c3ccccc3OC)CC2C1. The molecule has 1 aromatic carbocycles. The normalized spacial score (nSPS) is 26.7. The molecule has 26 heavy (non-hydrogen) atoms. The van der Waals surface area contributed by atoms with Crippen molar-refractivity contribution in [3.8, 4) is 5.75 Å². The molecule has 0 amide bonds. The van der Waals surface area contributed by atoms with Crippen LogP contribution >= 0.6 is 0 Å². The van der Waals surface area contributed by atoms with Gasteiger partial charge in [-0.3, -0.25) is 0 Å². The average Bonchev–Trinajstić information content (AvgIpc) is 2.70. The minimum absolute atomic E-state index is 0.195. The highest BCUT2D eigenvalue weighted by molar-refractivity contribution is 5.88. The summed E-state index contributed by atoms with van der Waals surface area (Å²) in [7, 11) is 4.75. The molecule has 1 aromatic rings. The maximum absolute atomic E-state index is 12.1. The van der Waals surface area contributed by atoms with Gasteiger partial charge in [0.1, 0.15) is 5.75 Å². The Morgan fingerprint density at radius 3 is 2.62 bits per heavy atom. The monoisotopic (exact) mass is 359 g/mol. The Kier molecular flexibility index (Phi) is 6.20. The zero-order valence-corrected chi connectivity index (χ0v) is 15.9. The fraction of sp³-hybridized carbons (Fsp3) is 0.571. The van der Waals surface area contributed by atoms with Crippen LogP contribution in [0.4, 0.5) is 0 Å². The smallest absolute Gasteiger partial charge is 0.337 e. The molecule has 2 aliphatic heterocycles. The van der Waals surface area contributed by atoms with Crippen LogP contribution in [-0.2, 0) is 14.3 Å². The molecule has 3 unspecified atom stereocenters. The number of benzene rings is 1. The first kappa shape index (κ1) is 18.8. The summed E-state index contributed by atoms with van der Waals surface area (Å²) in [6.45, 7) is 2.12. The molecule has 2 heterocycles. The molecule has 5 heteroatoms. The number of methoxy groups -OCH3 is 3. The lowest BCUT2D eigenvalue weighted by molar-refractivity contribution is -0.137. The Labute approximate surface area is 155 Å². The van der Waals surface area contributed by atoms with Crippen LogP contribution in [0.2, 0.25) is 0 Å². The highest BCUT2D eigenvalue weighted by Crippen LogP contribution is 2.41. The van der Waals surface area contributed by atoms with E-state index in [1.807, 2.05) is 12.1 Å². The number of fused-ring (bicyclic) bond motifs is 1. The number of esters is 1. The summed E-state index contributed by atoms with van der Waals surface area (Å²) in [5, 5.41) is 0. The molecule has 2 fully saturated rings. The molecule has 0 spiro atoms. The van der Waals surface area contributed by atoms with Gasteiger partial charge in [-0.1, -0.05) is 18.2 Å². The number of para-hydroxylation sites is 1. The molecular weight excluding hydrogens is 330 g/mol. The second kappa shape index (κ2) is 8.58. The molecule has 142 valence electrons. The van der Waals surface area contributed by atoms with Crippen LogP contribution in [0, 0.1) is 5.92 Å². The zero-order chi connectivity index (χ0) is 18.5. The van der Waals surface area contributed by atoms with Crippen LogP contribution in [0.3, 0.4) is 0 Å². The van der Waals surface area contributed by atoms with E-state index in [4.69, 9.17) is 14.2 Å². The molecule has 0 aliphatic carbocycles. The van der Waals surface area contributed by atoms with Crippen molar-refractivity contribution < 1.29 is 19.0 Å². The first-order valence-electron chi connectivity index (χ1n) is 9.36. The fourth-order valence-corrected chi connectivity index (χ4v) is 4.53. The Balaban J connectivity index is 1.74. The van der Waals surface area contributed by atoms with Crippen molar-refractivity contribution >= 4 is 5.97 Å². The van der Waals surface area contributed by atoms with Crippen molar-refractivity contribution in [2.75, 3.05) is 34.4 Å². The first-order valence-corrected chi connectivity index (χ1v) is 9.36. The standard InChI is InChI=1S/C21H29NO4/c1-24-14-19(21(23)26-3)16-9-11-22-10-8-15(12-17(22)13-16)18-6-4-5-7-20(18)25-2/h4-7,14-17H,8-13H2,1-3H3. The lowest BCUT2D eigenvalue weighted by atomic mass is 9.77. The number of carbonyl (C=O) groups excluding carboxylic acids is 1. The third-order valence-corrected chi connectivity index (χ3v) is 5.84. The summed E-state index contributed by atoms with van der Waals surface area (Å²) in [6, 6.07) is 8.81. The van der Waals surface area contributed by atoms with Gasteiger partial charge in [-0.2, -0.15) is 0 Å². The van der Waals surface area contributed by atoms with Gasteiger partial charge in [0.25, 0.3) is 0 Å². The van der Waals surface area contributed by atoms with Gasteiger partial charge in [-0.25, -0.2) is 4.79 Å². The highest BCUT2D eigenvalue weighted by Gasteiger charge is 2.37. The van der Waals surface area contributed by atoms with Gasteiger partial charge in [0, 0.05) is 6.04 Å². The lowest BCUT2D eigenvalue weighted by Gasteiger charge is -2.45. The molecule has 2 saturated heterocycles. The lowest BCUT2D eigenvalue weighted by Crippen LogP contribution is -2.47. The average molecular weight is 359 g/mol. The largest absolute Gasteiger partial charge is 0.504 e. The minimum atomic E-state index is -0.276. The number of hydrogen-bond acceptors (Lipinski definition) is 5. The second-order valence-corrected chi connectivity index (χ2v) is 7.17. The Bertz CT molecular complexity index is 657. The van der Waals surface area contributed by atoms with Gasteiger partial charge in [-0.15, -0.1) is 0 Å². The predicted octanol–water partition coefficient (Wildman–Crippen LogP) is 3.36. The molecular formula is C21H29NO4. The number of hydrogen-bond donors (Lipinski definition) is 0. The Morgan fingerprint density at radius 2 is 1.88 bits per heavy atom. The Morgan fingerprint density at radius 1 is 1.12 bits per heavy atom. The molecule has 3 atom stereocenters. The van der Waals surface area contributed by atoms with Crippen LogP contribution in [0.5, 0.6) is 5.75 Å². The number of piperidine rings is 2. The third-order valence-electron chi connectivity index (χ3n) is 5.84. The van der Waals surface area contributed by atoms with Crippen molar-refractivity contribution in [3.05, 3.63) is 41.7 Å². The second-order valence-electron chi connectivity index (χ2n) is 7.17. The molecule has 0 aromatic heterocycles. The first-order chi connectivity index (χ1) is 12.7. The van der Waals surface area contributed by atoms with E-state index in [0.29, 0.717) is 17.5 Å². The quantitative estimate of drug-likeness (QED) is 0.458. The summed E-state index contributed by atoms with van der Waals surface area (Å²) >= 11 is 0. The molecule has 3 rings (SSSR count). The van der Waals surface area contributed by atoms with E-state index in [1.165, 1.54) is 12.7 Å². The number of rotatable bonds is 5. The van der Waals surface area contributed by atoms with Gasteiger partial charge < -0.3 is 19.1 Å². The van der Waals surface area contributed by atoms with Crippen molar-refractivity contribution in [2.24, 2.45) is 5.92 Å². The number of nitrogens with zero attached hydrogens (tertiary/aromatic N) is 1. The van der Waals surface area contributed by atoms with Crippen LogP contribution in [0.25, 0.3) is 0 Å². The van der Waals surface area contributed by atoms with E-state index < -0.39 is 0 Å². The third kappa shape index (κ3) is 3.88. The summed E-state index contributed by atoms with van der Waals surface area (Å²) in [5.41, 5.74) is 1.96. The fourth-order valence-electron chi connectivity index (χ4n) is 4.53. The van der Waals surface area contributed by atoms with Gasteiger partial charge >= 0.3 is 5.97 Å². The number of ether oxygens (including phenoxy) is 3. The highest BCUT2D eigenvalue weighted by atomic mass is 16.5. The van der Waals surface area contributed by atoms with Crippen molar-refractivity contribution in [3.63, 3.8) is 0 Å². The van der Waals surface area contributed by atoms with Crippen molar-refractivity contribution in [1.29, 1.82) is 0 Å². The van der Waals surface area contributed by atoms with E-state index in [0.717, 1.165) is 44.5 Å². The maximum Gasteiger partial charge on any atom is 0.337 e. The molecule has 5 nitrogen and oxygen atoms in total. The summed E-state index contributed by atoms with van der Waals surface area (Å²) in [5.74, 6) is 1.40. The van der Waals surface area contributed by atoms with Gasteiger partial charge in [0.2, 0.25) is 0 Å². The number of carbonyl (C=O) groups is 1. The Hall–Kier alpha value is -2.01. The van der Waals surface area contributed by atoms with Crippen molar-refractivity contribution in [1.82, 2.24) is 4.90 Å². The van der Waals surface area contributed by atoms with E-state index in [9.17, 15) is 4.79 Å². The van der Waals surface area contributed by atoms with Crippen LogP contribution in [-0.4, -0.2) is 51.3 Å². The summed E-state index contributed by atoms with van der Waals surface area (Å²) < 4.78 is 15.7. The van der Waals surface area contributed by atoms with E-state index in [1.54, 1.807) is 20.5 Å². The predicted molar refractivity (Wildman–Crippen MR) is 100 cm³/mol. The molecule has 0 bridgehead atoms. The molecule has 0 N–H and O–H groups in total. The molecule has 0 radical (unpaired) electrons. The van der Waals surface area contributed by atoms with Gasteiger partial charge in [0.05, 0.1) is 33.2 Å². The maximum atomic E-state index is 12.1. The summed E-state index contributed by atoms with van der Waals surface area (Å²) in [6.07, 6.45) is 5.75. The molecule has 2 aliphatic rings. The van der Waals surface area contributed by atoms with Crippen molar-refractivity contribution in [2.45, 2.75) is 37.6 Å². The minimum Gasteiger partial charge on any atom is -0.504 e. The molecule has 0 saturated carbocycles.